The van der Waals surface area contributed by atoms with E-state index in [1.165, 1.54) is 11.8 Å². The molecule has 0 spiro atoms. The molecule has 0 atom stereocenters. The molecule has 9 heteroatoms. The average Bonchev–Trinajstić information content (AvgIpc) is 3.13. The van der Waals surface area contributed by atoms with Gasteiger partial charge >= 0.3 is 0 Å². The highest BCUT2D eigenvalue weighted by molar-refractivity contribution is 9.11. The standard InChI is InChI=1S/C26H21Br3N2O3S/c1-3-31-25(32)23(35-26(31)30-19-8-10-20(33-2)11-9-19)14-17-12-21(28)24(22(29)13-17)34-15-16-4-6-18(27)7-5-16/h4-14H,3,15H2,1-2H3/b23-14+,30-26?. The van der Waals surface area contributed by atoms with Crippen LogP contribution in [0.1, 0.15) is 18.1 Å². The topological polar surface area (TPSA) is 51.1 Å². The van der Waals surface area contributed by atoms with E-state index in [1.807, 2.05) is 73.7 Å². The molecule has 4 rings (SSSR count). The summed E-state index contributed by atoms with van der Waals surface area (Å²) in [5.74, 6) is 1.41. The predicted molar refractivity (Wildman–Crippen MR) is 153 cm³/mol. The number of nitrogens with zero attached hydrogens (tertiary/aromatic N) is 2. The third-order valence-electron chi connectivity index (χ3n) is 5.12. The number of benzene rings is 3. The van der Waals surface area contributed by atoms with Crippen LogP contribution in [0, 0.1) is 0 Å². The molecule has 1 aliphatic rings. The first-order valence-electron chi connectivity index (χ1n) is 10.7. The van der Waals surface area contributed by atoms with E-state index in [-0.39, 0.29) is 5.91 Å². The summed E-state index contributed by atoms with van der Waals surface area (Å²) >= 11 is 12.0. The van der Waals surface area contributed by atoms with Gasteiger partial charge in [0.2, 0.25) is 0 Å². The van der Waals surface area contributed by atoms with Gasteiger partial charge in [-0.25, -0.2) is 4.99 Å². The molecule has 3 aromatic carbocycles. The molecule has 0 aliphatic carbocycles. The van der Waals surface area contributed by atoms with E-state index in [4.69, 9.17) is 9.47 Å². The number of halogens is 3. The maximum atomic E-state index is 13.0. The van der Waals surface area contributed by atoms with Crippen LogP contribution in [0.2, 0.25) is 0 Å². The number of amides is 1. The van der Waals surface area contributed by atoms with Crippen LogP contribution in [-0.4, -0.2) is 29.6 Å². The van der Waals surface area contributed by atoms with Crippen molar-refractivity contribution in [1.29, 1.82) is 0 Å². The molecule has 0 unspecified atom stereocenters. The van der Waals surface area contributed by atoms with Gasteiger partial charge in [-0.2, -0.15) is 0 Å². The van der Waals surface area contributed by atoms with Crippen LogP contribution >= 0.6 is 59.6 Å². The van der Waals surface area contributed by atoms with Gasteiger partial charge in [-0.3, -0.25) is 9.69 Å². The van der Waals surface area contributed by atoms with Gasteiger partial charge in [0.05, 0.1) is 26.6 Å². The average molecular weight is 681 g/mol. The Kier molecular flexibility index (Phi) is 8.75. The monoisotopic (exact) mass is 678 g/mol. The van der Waals surface area contributed by atoms with Crippen molar-refractivity contribution in [3.05, 3.63) is 90.1 Å². The lowest BCUT2D eigenvalue weighted by Crippen LogP contribution is -2.28. The van der Waals surface area contributed by atoms with E-state index in [2.05, 4.69) is 52.8 Å². The fourth-order valence-corrected chi connectivity index (χ4v) is 6.10. The third kappa shape index (κ3) is 6.39. The Morgan fingerprint density at radius 3 is 2.26 bits per heavy atom. The highest BCUT2D eigenvalue weighted by atomic mass is 79.9. The van der Waals surface area contributed by atoms with E-state index < -0.39 is 0 Å². The highest BCUT2D eigenvalue weighted by Gasteiger charge is 2.32. The number of rotatable bonds is 7. The van der Waals surface area contributed by atoms with Gasteiger partial charge in [0.1, 0.15) is 18.1 Å². The number of ether oxygens (including phenoxy) is 2. The maximum absolute atomic E-state index is 13.0. The van der Waals surface area contributed by atoms with Crippen molar-refractivity contribution in [2.75, 3.05) is 13.7 Å². The fraction of sp³-hybridized carbons (Fsp3) is 0.154. The van der Waals surface area contributed by atoms with Crippen LogP contribution in [0.5, 0.6) is 11.5 Å². The third-order valence-corrected chi connectivity index (χ3v) is 7.83. The van der Waals surface area contributed by atoms with Gasteiger partial charge in [-0.05, 0) is 116 Å². The van der Waals surface area contributed by atoms with E-state index in [1.54, 1.807) is 12.0 Å². The minimum absolute atomic E-state index is 0.0624. The highest BCUT2D eigenvalue weighted by Crippen LogP contribution is 2.38. The van der Waals surface area contributed by atoms with Gasteiger partial charge in [-0.1, -0.05) is 28.1 Å². The first-order valence-corrected chi connectivity index (χ1v) is 13.9. The number of methoxy groups -OCH3 is 1. The Hall–Kier alpha value is -2.07. The van der Waals surface area contributed by atoms with Crippen molar-refractivity contribution >= 4 is 82.4 Å². The van der Waals surface area contributed by atoms with Crippen molar-refractivity contribution in [2.24, 2.45) is 4.99 Å². The minimum Gasteiger partial charge on any atom is -0.497 e. The Morgan fingerprint density at radius 1 is 1.00 bits per heavy atom. The van der Waals surface area contributed by atoms with Crippen LogP contribution in [0.4, 0.5) is 5.69 Å². The van der Waals surface area contributed by atoms with Crippen molar-refractivity contribution < 1.29 is 14.3 Å². The normalized spacial score (nSPS) is 15.8. The molecule has 5 nitrogen and oxygen atoms in total. The zero-order chi connectivity index (χ0) is 24.9. The molecule has 0 aromatic heterocycles. The fourth-order valence-electron chi connectivity index (χ4n) is 3.33. The van der Waals surface area contributed by atoms with Crippen molar-refractivity contribution in [3.8, 4) is 11.5 Å². The van der Waals surface area contributed by atoms with Crippen molar-refractivity contribution in [3.63, 3.8) is 0 Å². The van der Waals surface area contributed by atoms with Crippen LogP contribution in [0.25, 0.3) is 6.08 Å². The quantitative estimate of drug-likeness (QED) is 0.236. The lowest BCUT2D eigenvalue weighted by Gasteiger charge is -2.12. The Morgan fingerprint density at radius 2 is 1.66 bits per heavy atom. The summed E-state index contributed by atoms with van der Waals surface area (Å²) in [6.45, 7) is 2.92. The summed E-state index contributed by atoms with van der Waals surface area (Å²) < 4.78 is 13.9. The maximum Gasteiger partial charge on any atom is 0.266 e. The van der Waals surface area contributed by atoms with Crippen LogP contribution in [0.15, 0.2) is 84.0 Å². The molecule has 0 radical (unpaired) electrons. The summed E-state index contributed by atoms with van der Waals surface area (Å²) in [4.78, 5) is 20.0. The number of carbonyl (C=O) groups excluding carboxylic acids is 1. The van der Waals surface area contributed by atoms with E-state index in [0.717, 1.165) is 36.0 Å². The lowest BCUT2D eigenvalue weighted by atomic mass is 10.2. The summed E-state index contributed by atoms with van der Waals surface area (Å²) in [5.41, 5.74) is 2.70. The number of thioether (sulfide) groups is 1. The molecule has 1 heterocycles. The largest absolute Gasteiger partial charge is 0.497 e. The Bertz CT molecular complexity index is 1270. The molecule has 1 saturated heterocycles. The van der Waals surface area contributed by atoms with Gasteiger partial charge in [-0.15, -0.1) is 0 Å². The van der Waals surface area contributed by atoms with Crippen molar-refractivity contribution in [2.45, 2.75) is 13.5 Å². The summed E-state index contributed by atoms with van der Waals surface area (Å²) in [7, 11) is 1.63. The number of amidine groups is 1. The second kappa shape index (κ2) is 11.8. The van der Waals surface area contributed by atoms with Crippen LogP contribution in [0.3, 0.4) is 0 Å². The Balaban J connectivity index is 1.54. The molecule has 0 saturated carbocycles. The zero-order valence-corrected chi connectivity index (χ0v) is 24.5. The van der Waals surface area contributed by atoms with Gasteiger partial charge < -0.3 is 9.47 Å². The Labute approximate surface area is 234 Å². The number of aliphatic imine (C=N–C) groups is 1. The number of likely N-dealkylation sites (N-methyl/N-ethyl adjacent to an activating group) is 1. The van der Waals surface area contributed by atoms with E-state index in [9.17, 15) is 4.79 Å². The minimum atomic E-state index is -0.0624. The zero-order valence-electron chi connectivity index (χ0n) is 18.9. The van der Waals surface area contributed by atoms with Gasteiger partial charge in [0, 0.05) is 11.0 Å². The summed E-state index contributed by atoms with van der Waals surface area (Å²) in [5, 5.41) is 0.654. The smallest absolute Gasteiger partial charge is 0.266 e. The summed E-state index contributed by atoms with van der Waals surface area (Å²) in [6.07, 6.45) is 1.88. The molecular formula is C26H21Br3N2O3S. The van der Waals surface area contributed by atoms with Crippen LogP contribution in [-0.2, 0) is 11.4 Å². The van der Waals surface area contributed by atoms with Crippen molar-refractivity contribution in [1.82, 2.24) is 4.90 Å². The van der Waals surface area contributed by atoms with Crippen LogP contribution < -0.4 is 9.47 Å². The molecule has 180 valence electrons. The molecule has 0 bridgehead atoms. The first kappa shape index (κ1) is 26.0. The second-order valence-corrected chi connectivity index (χ2v) is 11.1. The lowest BCUT2D eigenvalue weighted by molar-refractivity contribution is -0.122. The molecule has 1 fully saturated rings. The van der Waals surface area contributed by atoms with Gasteiger partial charge in [0.25, 0.3) is 5.91 Å². The first-order chi connectivity index (χ1) is 16.9. The molecule has 1 aliphatic heterocycles. The molecule has 35 heavy (non-hydrogen) atoms. The van der Waals surface area contributed by atoms with E-state index in [0.29, 0.717) is 29.0 Å². The number of hydrogen-bond donors (Lipinski definition) is 0. The molecular weight excluding hydrogens is 660 g/mol. The number of carbonyl (C=O) groups is 1. The second-order valence-electron chi connectivity index (χ2n) is 7.48. The molecule has 1 amide bonds. The molecule has 0 N–H and O–H groups in total. The SMILES string of the molecule is CCN1C(=O)/C(=C\c2cc(Br)c(OCc3ccc(Br)cc3)c(Br)c2)SC1=Nc1ccc(OC)cc1. The predicted octanol–water partition coefficient (Wildman–Crippen LogP) is 8.19. The van der Waals surface area contributed by atoms with Gasteiger partial charge in [0.15, 0.2) is 5.17 Å². The molecule has 3 aromatic rings. The van der Waals surface area contributed by atoms with E-state index >= 15 is 0 Å². The number of hydrogen-bond acceptors (Lipinski definition) is 5. The summed E-state index contributed by atoms with van der Waals surface area (Å²) in [6, 6.07) is 19.3.